The van der Waals surface area contributed by atoms with Gasteiger partial charge in [-0.3, -0.25) is 0 Å². The van der Waals surface area contributed by atoms with Crippen molar-refractivity contribution in [2.24, 2.45) is 17.1 Å². The fraction of sp³-hybridized carbons (Fsp3) is 0.467. The Kier molecular flexibility index (Phi) is 2.30. The van der Waals surface area contributed by atoms with Gasteiger partial charge in [0.2, 0.25) is 0 Å². The molecule has 0 saturated heterocycles. The predicted molar refractivity (Wildman–Crippen MR) is 71.9 cm³/mol. The molecule has 0 spiro atoms. The maximum absolute atomic E-state index is 6.09. The van der Waals surface area contributed by atoms with E-state index >= 15 is 0 Å². The molecule has 1 heterocycles. The number of para-hydroxylation sites is 1. The van der Waals surface area contributed by atoms with Gasteiger partial charge in [-0.25, -0.2) is 0 Å². The minimum absolute atomic E-state index is 0.353. The number of aryl methyl sites for hydroxylation is 1. The molecule has 2 nitrogen and oxygen atoms in total. The fourth-order valence-corrected chi connectivity index (χ4v) is 2.99. The zero-order chi connectivity index (χ0) is 12.0. The van der Waals surface area contributed by atoms with E-state index in [9.17, 15) is 0 Å². The number of nitrogens with one attached hydrogen (secondary N) is 1. The maximum Gasteiger partial charge on any atom is 0.0456 e. The van der Waals surface area contributed by atoms with Crippen molar-refractivity contribution in [1.82, 2.24) is 4.98 Å². The summed E-state index contributed by atoms with van der Waals surface area (Å²) in [7, 11) is 0. The smallest absolute Gasteiger partial charge is 0.0456 e. The van der Waals surface area contributed by atoms with E-state index in [1.807, 2.05) is 0 Å². The molecule has 3 rings (SSSR count). The van der Waals surface area contributed by atoms with Crippen LogP contribution in [0.2, 0.25) is 0 Å². The van der Waals surface area contributed by atoms with E-state index < -0.39 is 0 Å². The minimum Gasteiger partial charge on any atom is -0.361 e. The molecular formula is C15H20N2. The highest BCUT2D eigenvalue weighted by Gasteiger charge is 2.54. The van der Waals surface area contributed by atoms with Crippen molar-refractivity contribution < 1.29 is 0 Å². The lowest BCUT2D eigenvalue weighted by molar-refractivity contribution is 0.530. The van der Waals surface area contributed by atoms with E-state index in [-0.39, 0.29) is 0 Å². The van der Waals surface area contributed by atoms with Crippen LogP contribution in [0, 0.1) is 11.3 Å². The number of hydrogen-bond donors (Lipinski definition) is 2. The average Bonchev–Trinajstić information content (AvgIpc) is 2.67. The molecule has 90 valence electrons. The van der Waals surface area contributed by atoms with E-state index in [2.05, 4.69) is 49.3 Å². The van der Waals surface area contributed by atoms with Gasteiger partial charge < -0.3 is 10.7 Å². The van der Waals surface area contributed by atoms with Gasteiger partial charge in [-0.1, -0.05) is 32.0 Å². The van der Waals surface area contributed by atoms with Crippen LogP contribution in [-0.4, -0.2) is 11.0 Å². The second kappa shape index (κ2) is 3.61. The van der Waals surface area contributed by atoms with E-state index in [1.165, 1.54) is 22.9 Å². The average molecular weight is 228 g/mol. The Morgan fingerprint density at radius 3 is 2.71 bits per heavy atom. The van der Waals surface area contributed by atoms with Crippen molar-refractivity contribution in [3.63, 3.8) is 0 Å². The number of aromatic nitrogens is 1. The zero-order valence-electron chi connectivity index (χ0n) is 10.5. The van der Waals surface area contributed by atoms with Gasteiger partial charge in [0, 0.05) is 23.1 Å². The summed E-state index contributed by atoms with van der Waals surface area (Å²) in [5.74, 6) is 0.691. The van der Waals surface area contributed by atoms with Gasteiger partial charge in [0.05, 0.1) is 0 Å². The summed E-state index contributed by atoms with van der Waals surface area (Å²) >= 11 is 0. The molecule has 1 aliphatic rings. The molecule has 2 atom stereocenters. The van der Waals surface area contributed by atoms with Crippen LogP contribution in [0.25, 0.3) is 10.9 Å². The lowest BCUT2D eigenvalue weighted by Crippen LogP contribution is -2.06. The van der Waals surface area contributed by atoms with Crippen LogP contribution in [0.1, 0.15) is 25.8 Å². The summed E-state index contributed by atoms with van der Waals surface area (Å²) in [5.41, 5.74) is 9.11. The summed E-state index contributed by atoms with van der Waals surface area (Å²) in [6.45, 7) is 4.55. The van der Waals surface area contributed by atoms with Gasteiger partial charge in [-0.15, -0.1) is 0 Å². The third kappa shape index (κ3) is 1.67. The zero-order valence-corrected chi connectivity index (χ0v) is 10.5. The van der Waals surface area contributed by atoms with Crippen molar-refractivity contribution >= 4 is 10.9 Å². The molecule has 0 aliphatic heterocycles. The SMILES string of the molecule is CC1(C)[C@@H](N)[C@@H]1CCc1c[nH]c2ccccc12. The Morgan fingerprint density at radius 2 is 2.00 bits per heavy atom. The second-order valence-corrected chi connectivity index (χ2v) is 5.85. The van der Waals surface area contributed by atoms with Crippen LogP contribution in [0.15, 0.2) is 30.5 Å². The van der Waals surface area contributed by atoms with Crippen molar-refractivity contribution in [1.29, 1.82) is 0 Å². The first-order valence-corrected chi connectivity index (χ1v) is 6.41. The number of rotatable bonds is 3. The second-order valence-electron chi connectivity index (χ2n) is 5.85. The standard InChI is InChI=1S/C15H20N2/c1-15(2)12(14(15)16)8-7-10-9-17-13-6-4-3-5-11(10)13/h3-6,9,12,14,17H,7-8,16H2,1-2H3/t12-,14-/m0/s1. The highest BCUT2D eigenvalue weighted by Crippen LogP contribution is 2.52. The van der Waals surface area contributed by atoms with Crippen LogP contribution < -0.4 is 5.73 Å². The first-order valence-electron chi connectivity index (χ1n) is 6.41. The summed E-state index contributed by atoms with van der Waals surface area (Å²) in [6.07, 6.45) is 4.48. The fourth-order valence-electron chi connectivity index (χ4n) is 2.99. The van der Waals surface area contributed by atoms with Crippen LogP contribution in [-0.2, 0) is 6.42 Å². The van der Waals surface area contributed by atoms with Crippen molar-refractivity contribution in [2.75, 3.05) is 0 Å². The van der Waals surface area contributed by atoms with Gasteiger partial charge in [-0.05, 0) is 35.8 Å². The van der Waals surface area contributed by atoms with Gasteiger partial charge in [0.25, 0.3) is 0 Å². The first kappa shape index (κ1) is 10.8. The molecule has 17 heavy (non-hydrogen) atoms. The number of nitrogens with two attached hydrogens (primary N) is 1. The molecule has 1 aliphatic carbocycles. The Morgan fingerprint density at radius 1 is 1.29 bits per heavy atom. The highest BCUT2D eigenvalue weighted by molar-refractivity contribution is 5.83. The van der Waals surface area contributed by atoms with E-state index in [4.69, 9.17) is 5.73 Å². The maximum atomic E-state index is 6.09. The Labute approximate surface area is 102 Å². The lowest BCUT2D eigenvalue weighted by atomic mass is 10.0. The molecule has 3 N–H and O–H groups in total. The quantitative estimate of drug-likeness (QED) is 0.833. The molecule has 0 radical (unpaired) electrons. The summed E-state index contributed by atoms with van der Waals surface area (Å²) < 4.78 is 0. The third-order valence-electron chi connectivity index (χ3n) is 4.54. The first-order chi connectivity index (χ1) is 8.10. The van der Waals surface area contributed by atoms with Gasteiger partial charge in [0.15, 0.2) is 0 Å². The predicted octanol–water partition coefficient (Wildman–Crippen LogP) is 3.08. The van der Waals surface area contributed by atoms with Crippen molar-refractivity contribution in [2.45, 2.75) is 32.7 Å². The van der Waals surface area contributed by atoms with Gasteiger partial charge in [-0.2, -0.15) is 0 Å². The number of H-pyrrole nitrogens is 1. The largest absolute Gasteiger partial charge is 0.361 e. The Bertz CT molecular complexity index is 539. The van der Waals surface area contributed by atoms with Crippen molar-refractivity contribution in [3.05, 3.63) is 36.0 Å². The molecule has 2 aromatic rings. The number of benzene rings is 1. The Hall–Kier alpha value is -1.28. The van der Waals surface area contributed by atoms with Crippen LogP contribution >= 0.6 is 0 Å². The molecule has 1 saturated carbocycles. The third-order valence-corrected chi connectivity index (χ3v) is 4.54. The molecule has 2 heteroatoms. The van der Waals surface area contributed by atoms with Crippen LogP contribution in [0.5, 0.6) is 0 Å². The van der Waals surface area contributed by atoms with E-state index in [1.54, 1.807) is 0 Å². The molecule has 1 fully saturated rings. The molecule has 0 bridgehead atoms. The normalized spacial score (nSPS) is 26.3. The summed E-state index contributed by atoms with van der Waals surface area (Å²) in [6, 6.07) is 8.90. The van der Waals surface area contributed by atoms with Gasteiger partial charge in [0.1, 0.15) is 0 Å². The molecule has 0 amide bonds. The molecular weight excluding hydrogens is 208 g/mol. The van der Waals surface area contributed by atoms with E-state index in [0.29, 0.717) is 17.4 Å². The van der Waals surface area contributed by atoms with Crippen molar-refractivity contribution in [3.8, 4) is 0 Å². The number of hydrogen-bond acceptors (Lipinski definition) is 1. The summed E-state index contributed by atoms with van der Waals surface area (Å²) in [4.78, 5) is 3.33. The Balaban J connectivity index is 1.74. The van der Waals surface area contributed by atoms with Gasteiger partial charge >= 0.3 is 0 Å². The van der Waals surface area contributed by atoms with E-state index in [0.717, 1.165) is 6.42 Å². The number of aromatic amines is 1. The highest BCUT2D eigenvalue weighted by atomic mass is 14.8. The molecule has 1 aromatic carbocycles. The molecule has 1 aromatic heterocycles. The lowest BCUT2D eigenvalue weighted by Gasteiger charge is -2.01. The topological polar surface area (TPSA) is 41.8 Å². The molecule has 0 unspecified atom stereocenters. The monoisotopic (exact) mass is 228 g/mol. The van der Waals surface area contributed by atoms with Crippen LogP contribution in [0.4, 0.5) is 0 Å². The minimum atomic E-state index is 0.353. The summed E-state index contributed by atoms with van der Waals surface area (Å²) in [5, 5.41) is 1.36. The van der Waals surface area contributed by atoms with Crippen LogP contribution in [0.3, 0.4) is 0 Å². The number of fused-ring (bicyclic) bond motifs is 1.